The molecule has 4 atom stereocenters. The summed E-state index contributed by atoms with van der Waals surface area (Å²) in [6, 6.07) is 3.77. The fourth-order valence-electron chi connectivity index (χ4n) is 5.40. The number of imidazole rings is 1. The summed E-state index contributed by atoms with van der Waals surface area (Å²) in [4.78, 5) is 24.9. The van der Waals surface area contributed by atoms with Gasteiger partial charge in [-0.25, -0.2) is 18.9 Å². The highest BCUT2D eigenvalue weighted by Crippen LogP contribution is 2.40. The summed E-state index contributed by atoms with van der Waals surface area (Å²) in [6.45, 7) is 0. The number of carbonyl (C=O) groups excluding carboxylic acids is 1. The number of hydrogen-bond acceptors (Lipinski definition) is 7. The van der Waals surface area contributed by atoms with Gasteiger partial charge in [0, 0.05) is 38.0 Å². The minimum Gasteiger partial charge on any atom is -0.309 e. The quantitative estimate of drug-likeness (QED) is 0.592. The van der Waals surface area contributed by atoms with Crippen LogP contribution in [0.3, 0.4) is 0 Å². The molecular weight excluding hydrogens is 490 g/mol. The average molecular weight is 517 g/mol. The molecule has 0 fully saturated rings. The molecule has 0 bridgehead atoms. The van der Waals surface area contributed by atoms with Gasteiger partial charge in [0.05, 0.1) is 35.5 Å². The van der Waals surface area contributed by atoms with E-state index >= 15 is 0 Å². The van der Waals surface area contributed by atoms with Crippen molar-refractivity contribution in [2.75, 3.05) is 12.4 Å². The Morgan fingerprint density at radius 2 is 2.03 bits per heavy atom. The van der Waals surface area contributed by atoms with Gasteiger partial charge in [-0.3, -0.25) is 14.8 Å². The lowest BCUT2D eigenvalue weighted by atomic mass is 9.79. The van der Waals surface area contributed by atoms with Crippen molar-refractivity contribution in [3.63, 3.8) is 0 Å². The van der Waals surface area contributed by atoms with E-state index in [1.54, 1.807) is 10.7 Å². The molecule has 3 aliphatic heterocycles. The highest BCUT2D eigenvalue weighted by Gasteiger charge is 2.43. The number of nitrogens with one attached hydrogen (secondary N) is 1. The molecule has 1 aliphatic carbocycles. The van der Waals surface area contributed by atoms with Crippen LogP contribution in [0.15, 0.2) is 81.3 Å². The first-order valence-corrected chi connectivity index (χ1v) is 12.6. The number of hydrazone groups is 1. The number of likely N-dealkylation sites (N-methyl/N-ethyl adjacent to an activating group) is 1. The van der Waals surface area contributed by atoms with Crippen molar-refractivity contribution in [3.8, 4) is 0 Å². The zero-order valence-corrected chi connectivity index (χ0v) is 20.7. The van der Waals surface area contributed by atoms with E-state index in [0.717, 1.165) is 23.4 Å². The molecule has 6 rings (SSSR count). The molecule has 0 radical (unpaired) electrons. The van der Waals surface area contributed by atoms with E-state index in [-0.39, 0.29) is 29.6 Å². The van der Waals surface area contributed by atoms with Crippen LogP contribution in [0.2, 0.25) is 0 Å². The van der Waals surface area contributed by atoms with Gasteiger partial charge < -0.3 is 5.32 Å². The molecule has 4 aliphatic rings. The lowest BCUT2D eigenvalue weighted by molar-refractivity contribution is -0.118. The highest BCUT2D eigenvalue weighted by molar-refractivity contribution is 6.06. The second-order valence-electron chi connectivity index (χ2n) is 9.72. The summed E-state index contributed by atoms with van der Waals surface area (Å²) >= 11 is 0. The Bertz CT molecular complexity index is 1500. The van der Waals surface area contributed by atoms with E-state index in [0.29, 0.717) is 30.7 Å². The predicted molar refractivity (Wildman–Crippen MR) is 141 cm³/mol. The number of allylic oxidation sites excluding steroid dienone is 4. The largest absolute Gasteiger partial charge is 0.309 e. The molecule has 9 nitrogen and oxygen atoms in total. The van der Waals surface area contributed by atoms with Crippen molar-refractivity contribution in [2.24, 2.45) is 26.9 Å². The van der Waals surface area contributed by atoms with E-state index in [9.17, 15) is 13.6 Å². The fourth-order valence-corrected chi connectivity index (χ4v) is 5.40. The Kier molecular flexibility index (Phi) is 6.26. The second-order valence-corrected chi connectivity index (χ2v) is 9.72. The monoisotopic (exact) mass is 516 g/mol. The fraction of sp³-hybridized carbons (Fsp3) is 0.333. The smallest absolute Gasteiger partial charge is 0.233 e. The molecular formula is C27H26F2N8O. The minimum absolute atomic E-state index is 0.00746. The Labute approximate surface area is 217 Å². The molecule has 2 aromatic heterocycles. The van der Waals surface area contributed by atoms with Crippen LogP contribution in [0, 0.1) is 11.8 Å². The maximum Gasteiger partial charge on any atom is 0.233 e. The van der Waals surface area contributed by atoms with Crippen molar-refractivity contribution < 1.29 is 13.6 Å². The SMILES string of the molecule is CN1N=C(C2=CC=C(F)CC2)C(c2ccc3nc(NC(=O)C4C=C(F)N=CC4)cn3n2)C1C1C=CN=CC1. The summed E-state index contributed by atoms with van der Waals surface area (Å²) in [7, 11) is 1.96. The third-order valence-electron chi connectivity index (χ3n) is 7.26. The molecule has 0 aromatic carbocycles. The van der Waals surface area contributed by atoms with Crippen molar-refractivity contribution >= 4 is 35.5 Å². The van der Waals surface area contributed by atoms with Crippen LogP contribution in [0.25, 0.3) is 5.65 Å². The first-order chi connectivity index (χ1) is 18.5. The second kappa shape index (κ2) is 9.88. The van der Waals surface area contributed by atoms with E-state index in [1.165, 1.54) is 18.4 Å². The molecule has 0 spiro atoms. The maximum absolute atomic E-state index is 13.8. The zero-order chi connectivity index (χ0) is 26.2. The highest BCUT2D eigenvalue weighted by atomic mass is 19.1. The average Bonchev–Trinajstić information content (AvgIpc) is 3.49. The molecule has 0 saturated heterocycles. The lowest BCUT2D eigenvalue weighted by Gasteiger charge is -2.31. The standard InChI is InChI=1S/C27H26F2N8O/c1-36-26(17-8-11-30-12-9-17)24(25(35-36)16-2-4-19(28)5-3-16)20-6-7-23-32-22(15-37(23)34-20)33-27(38)18-10-13-31-21(29)14-18/h2,4,6-8,11-15,17-18,24,26H,3,5,9-10H2,1H3,(H,33,38). The molecule has 38 heavy (non-hydrogen) atoms. The topological polar surface area (TPSA) is 99.6 Å². The van der Waals surface area contributed by atoms with Crippen LogP contribution in [0.4, 0.5) is 14.6 Å². The van der Waals surface area contributed by atoms with Crippen molar-refractivity contribution in [3.05, 3.63) is 71.9 Å². The van der Waals surface area contributed by atoms with Gasteiger partial charge in [0.15, 0.2) is 11.5 Å². The van der Waals surface area contributed by atoms with E-state index in [2.05, 4.69) is 26.4 Å². The van der Waals surface area contributed by atoms with Gasteiger partial charge in [0.2, 0.25) is 11.9 Å². The normalized spacial score (nSPS) is 26.8. The van der Waals surface area contributed by atoms with Gasteiger partial charge in [-0.1, -0.05) is 12.2 Å². The molecule has 0 saturated carbocycles. The van der Waals surface area contributed by atoms with Crippen LogP contribution in [0.1, 0.15) is 37.3 Å². The lowest BCUT2D eigenvalue weighted by Crippen LogP contribution is -2.37. The number of anilines is 1. The molecule has 11 heteroatoms. The summed E-state index contributed by atoms with van der Waals surface area (Å²) in [5.41, 5.74) is 3.23. The number of halogens is 2. The van der Waals surface area contributed by atoms with Gasteiger partial charge in [0.25, 0.3) is 0 Å². The number of carbonyl (C=O) groups is 1. The number of aliphatic imine (C=N–C) groups is 2. The summed E-state index contributed by atoms with van der Waals surface area (Å²) in [5.74, 6) is -1.49. The van der Waals surface area contributed by atoms with Gasteiger partial charge in [-0.2, -0.15) is 14.6 Å². The number of rotatable bonds is 5. The van der Waals surface area contributed by atoms with Crippen molar-refractivity contribution in [1.82, 2.24) is 19.6 Å². The van der Waals surface area contributed by atoms with Crippen LogP contribution in [-0.2, 0) is 4.79 Å². The van der Waals surface area contributed by atoms with Crippen LogP contribution >= 0.6 is 0 Å². The number of fused-ring (bicyclic) bond motifs is 1. The third kappa shape index (κ3) is 4.59. The van der Waals surface area contributed by atoms with E-state index in [4.69, 9.17) is 10.2 Å². The first-order valence-electron chi connectivity index (χ1n) is 12.6. The Morgan fingerprint density at radius 1 is 1.13 bits per heavy atom. The molecule has 194 valence electrons. The number of nitrogens with zero attached hydrogens (tertiary/aromatic N) is 7. The van der Waals surface area contributed by atoms with Gasteiger partial charge in [-0.05, 0) is 49.1 Å². The molecule has 4 unspecified atom stereocenters. The van der Waals surface area contributed by atoms with Crippen molar-refractivity contribution in [1.29, 1.82) is 0 Å². The van der Waals surface area contributed by atoms with Gasteiger partial charge >= 0.3 is 0 Å². The summed E-state index contributed by atoms with van der Waals surface area (Å²) in [6.07, 6.45) is 15.4. The zero-order valence-electron chi connectivity index (χ0n) is 20.7. The van der Waals surface area contributed by atoms with E-state index < -0.39 is 11.9 Å². The summed E-state index contributed by atoms with van der Waals surface area (Å²) < 4.78 is 28.9. The van der Waals surface area contributed by atoms with Gasteiger partial charge in [0.1, 0.15) is 5.83 Å². The first kappa shape index (κ1) is 24.1. The third-order valence-corrected chi connectivity index (χ3v) is 7.26. The van der Waals surface area contributed by atoms with Crippen LogP contribution in [0.5, 0.6) is 0 Å². The minimum atomic E-state index is -0.670. The predicted octanol–water partition coefficient (Wildman–Crippen LogP) is 4.50. The molecule has 2 aromatic rings. The number of hydrogen-bond donors (Lipinski definition) is 1. The molecule has 1 amide bonds. The number of amides is 1. The van der Waals surface area contributed by atoms with E-state index in [1.807, 2.05) is 42.7 Å². The molecule has 1 N–H and O–H groups in total. The summed E-state index contributed by atoms with van der Waals surface area (Å²) in [5, 5.41) is 14.5. The van der Waals surface area contributed by atoms with Crippen molar-refractivity contribution in [2.45, 2.75) is 37.6 Å². The van der Waals surface area contributed by atoms with Crippen LogP contribution in [-0.4, -0.2) is 56.7 Å². The Morgan fingerprint density at radius 3 is 2.79 bits per heavy atom. The molecule has 5 heterocycles. The maximum atomic E-state index is 13.8. The van der Waals surface area contributed by atoms with Gasteiger partial charge in [-0.15, -0.1) is 0 Å². The Hall–Kier alpha value is -4.28. The number of aromatic nitrogens is 3. The Balaban J connectivity index is 1.32. The van der Waals surface area contributed by atoms with Crippen LogP contribution < -0.4 is 5.32 Å².